The molecule has 3 aliphatic rings. The van der Waals surface area contributed by atoms with Gasteiger partial charge in [-0.3, -0.25) is 4.79 Å². The number of benzene rings is 3. The molecule has 0 radical (unpaired) electrons. The molecule has 178 valence electrons. The number of anilines is 1. The Morgan fingerprint density at radius 1 is 1.00 bits per heavy atom. The standard InChI is InChI=1S/C28H26N2O5/c1-28(11-12-28)30(13-10-23(31)21-14-24-25(15-22(21)29)34-16-33-24)27(32)35-26-19-8-4-2-6-17(19)18-7-3-5-9-20(18)26/h2-9,14-15,26H,10-13,16,29H2,1H3. The van der Waals surface area contributed by atoms with Crippen LogP contribution in [-0.4, -0.2) is 35.7 Å². The van der Waals surface area contributed by atoms with E-state index in [1.807, 2.05) is 43.3 Å². The molecule has 0 bridgehead atoms. The molecule has 3 aromatic rings. The van der Waals surface area contributed by atoms with Gasteiger partial charge in [0.25, 0.3) is 0 Å². The first-order valence-electron chi connectivity index (χ1n) is 11.8. The lowest BCUT2D eigenvalue weighted by Crippen LogP contribution is -2.42. The quantitative estimate of drug-likeness (QED) is 0.387. The van der Waals surface area contributed by atoms with E-state index >= 15 is 0 Å². The van der Waals surface area contributed by atoms with E-state index in [0.717, 1.165) is 35.1 Å². The summed E-state index contributed by atoms with van der Waals surface area (Å²) >= 11 is 0. The summed E-state index contributed by atoms with van der Waals surface area (Å²) < 4.78 is 16.8. The lowest BCUT2D eigenvalue weighted by Gasteiger charge is -2.30. The molecule has 1 heterocycles. The summed E-state index contributed by atoms with van der Waals surface area (Å²) in [7, 11) is 0. The van der Waals surface area contributed by atoms with Crippen molar-refractivity contribution in [3.05, 3.63) is 77.4 Å². The van der Waals surface area contributed by atoms with Gasteiger partial charge in [-0.1, -0.05) is 48.5 Å². The highest BCUT2D eigenvalue weighted by Crippen LogP contribution is 2.47. The van der Waals surface area contributed by atoms with Crippen molar-refractivity contribution in [2.24, 2.45) is 0 Å². The van der Waals surface area contributed by atoms with E-state index in [1.54, 1.807) is 17.0 Å². The van der Waals surface area contributed by atoms with Crippen LogP contribution in [0.1, 0.15) is 53.8 Å². The number of amides is 1. The van der Waals surface area contributed by atoms with Gasteiger partial charge in [0.2, 0.25) is 6.79 Å². The second-order valence-electron chi connectivity index (χ2n) is 9.55. The van der Waals surface area contributed by atoms with Crippen LogP contribution in [0, 0.1) is 0 Å². The highest BCUT2D eigenvalue weighted by molar-refractivity contribution is 6.02. The molecule has 1 saturated carbocycles. The van der Waals surface area contributed by atoms with Crippen molar-refractivity contribution < 1.29 is 23.8 Å². The zero-order valence-electron chi connectivity index (χ0n) is 19.5. The molecule has 0 spiro atoms. The maximum absolute atomic E-state index is 13.5. The highest BCUT2D eigenvalue weighted by Gasteiger charge is 2.47. The summed E-state index contributed by atoms with van der Waals surface area (Å²) in [5, 5.41) is 0. The monoisotopic (exact) mass is 470 g/mol. The molecule has 7 nitrogen and oxygen atoms in total. The summed E-state index contributed by atoms with van der Waals surface area (Å²) in [6.07, 6.45) is 1.00. The van der Waals surface area contributed by atoms with Crippen molar-refractivity contribution in [3.8, 4) is 22.6 Å². The largest absolute Gasteiger partial charge is 0.454 e. The summed E-state index contributed by atoms with van der Waals surface area (Å²) in [5.74, 6) is 0.887. The fourth-order valence-corrected chi connectivity index (χ4v) is 4.98. The molecule has 7 heteroatoms. The third-order valence-electron chi connectivity index (χ3n) is 7.25. The SMILES string of the molecule is CC1(N(CCC(=O)c2cc3c(cc2N)OCO3)C(=O)OC2c3ccccc3-c3ccccc32)CC1. The minimum Gasteiger partial charge on any atom is -0.454 e. The molecule has 0 unspecified atom stereocenters. The average Bonchev–Trinajstić information content (AvgIpc) is 3.31. The number of nitrogen functional groups attached to an aromatic ring is 1. The maximum atomic E-state index is 13.5. The molecular weight excluding hydrogens is 444 g/mol. The van der Waals surface area contributed by atoms with Gasteiger partial charge in [-0.05, 0) is 37.0 Å². The zero-order valence-corrected chi connectivity index (χ0v) is 19.5. The number of fused-ring (bicyclic) bond motifs is 4. The van der Waals surface area contributed by atoms with Gasteiger partial charge in [0.05, 0.1) is 0 Å². The molecule has 6 rings (SSSR count). The third kappa shape index (κ3) is 3.67. The van der Waals surface area contributed by atoms with E-state index in [9.17, 15) is 9.59 Å². The number of rotatable bonds is 6. The van der Waals surface area contributed by atoms with Crippen molar-refractivity contribution in [3.63, 3.8) is 0 Å². The first-order valence-corrected chi connectivity index (χ1v) is 11.8. The van der Waals surface area contributed by atoms with Crippen LogP contribution < -0.4 is 15.2 Å². The van der Waals surface area contributed by atoms with Gasteiger partial charge in [0.15, 0.2) is 23.4 Å². The van der Waals surface area contributed by atoms with Crippen molar-refractivity contribution in [1.29, 1.82) is 0 Å². The predicted octanol–water partition coefficient (Wildman–Crippen LogP) is 5.33. The fraction of sp³-hybridized carbons (Fsp3) is 0.286. The Morgan fingerprint density at radius 3 is 2.23 bits per heavy atom. The summed E-state index contributed by atoms with van der Waals surface area (Å²) in [6.45, 7) is 2.39. The van der Waals surface area contributed by atoms with E-state index in [2.05, 4.69) is 12.1 Å². The number of nitrogens with two attached hydrogens (primary N) is 1. The number of carbonyl (C=O) groups excluding carboxylic acids is 2. The third-order valence-corrected chi connectivity index (χ3v) is 7.25. The molecule has 2 aliphatic carbocycles. The van der Waals surface area contributed by atoms with Crippen LogP contribution in [0.4, 0.5) is 10.5 Å². The first kappa shape index (κ1) is 21.5. The van der Waals surface area contributed by atoms with Crippen LogP contribution in [0.25, 0.3) is 11.1 Å². The van der Waals surface area contributed by atoms with E-state index in [0.29, 0.717) is 22.7 Å². The Bertz CT molecular complexity index is 1300. The first-order chi connectivity index (χ1) is 16.9. The summed E-state index contributed by atoms with van der Waals surface area (Å²) in [6, 6.07) is 19.2. The summed E-state index contributed by atoms with van der Waals surface area (Å²) in [4.78, 5) is 28.3. The zero-order chi connectivity index (χ0) is 24.2. The smallest absolute Gasteiger partial charge is 0.411 e. The van der Waals surface area contributed by atoms with Crippen molar-refractivity contribution in [1.82, 2.24) is 4.90 Å². The Balaban J connectivity index is 1.21. The van der Waals surface area contributed by atoms with Crippen LogP contribution in [0.15, 0.2) is 60.7 Å². The van der Waals surface area contributed by atoms with Gasteiger partial charge < -0.3 is 24.8 Å². The number of hydrogen-bond donors (Lipinski definition) is 1. The Hall–Kier alpha value is -4.00. The molecular formula is C28H26N2O5. The number of Topliss-reactive ketones (excluding diaryl/α,β-unsaturated/α-hetero) is 1. The molecule has 0 aromatic heterocycles. The normalized spacial score (nSPS) is 16.4. The molecule has 0 atom stereocenters. The van der Waals surface area contributed by atoms with Crippen LogP contribution in [0.2, 0.25) is 0 Å². The minimum absolute atomic E-state index is 0.109. The number of carbonyl (C=O) groups is 2. The van der Waals surface area contributed by atoms with Gasteiger partial charge in [-0.25, -0.2) is 4.79 Å². The average molecular weight is 471 g/mol. The molecule has 1 amide bonds. The Morgan fingerprint density at radius 2 is 1.60 bits per heavy atom. The number of nitrogens with zero attached hydrogens (tertiary/aromatic N) is 1. The Labute approximate surface area is 203 Å². The highest BCUT2D eigenvalue weighted by atomic mass is 16.7. The number of ether oxygens (including phenoxy) is 3. The second kappa shape index (κ2) is 8.05. The van der Waals surface area contributed by atoms with E-state index < -0.39 is 12.2 Å². The lowest BCUT2D eigenvalue weighted by molar-refractivity contribution is 0.0614. The van der Waals surface area contributed by atoms with Crippen LogP contribution in [-0.2, 0) is 4.74 Å². The predicted molar refractivity (Wildman–Crippen MR) is 130 cm³/mol. The van der Waals surface area contributed by atoms with Gasteiger partial charge in [0, 0.05) is 46.9 Å². The topological polar surface area (TPSA) is 91.1 Å². The lowest BCUT2D eigenvalue weighted by atomic mass is 10.0. The van der Waals surface area contributed by atoms with E-state index in [-0.39, 0.29) is 31.1 Å². The van der Waals surface area contributed by atoms with Crippen LogP contribution in [0.5, 0.6) is 11.5 Å². The Kier molecular flexibility index (Phi) is 4.95. The van der Waals surface area contributed by atoms with E-state index in [1.165, 1.54) is 0 Å². The van der Waals surface area contributed by atoms with Crippen molar-refractivity contribution in [2.45, 2.75) is 37.8 Å². The van der Waals surface area contributed by atoms with E-state index in [4.69, 9.17) is 19.9 Å². The molecule has 3 aromatic carbocycles. The maximum Gasteiger partial charge on any atom is 0.411 e. The van der Waals surface area contributed by atoms with Crippen molar-refractivity contribution in [2.75, 3.05) is 19.1 Å². The molecule has 0 saturated heterocycles. The summed E-state index contributed by atoms with van der Waals surface area (Å²) in [5.41, 5.74) is 10.6. The van der Waals surface area contributed by atoms with Gasteiger partial charge in [-0.15, -0.1) is 0 Å². The number of ketones is 1. The molecule has 35 heavy (non-hydrogen) atoms. The molecule has 1 aliphatic heterocycles. The van der Waals surface area contributed by atoms with Gasteiger partial charge in [-0.2, -0.15) is 0 Å². The molecule has 1 fully saturated rings. The minimum atomic E-state index is -0.472. The van der Waals surface area contributed by atoms with Gasteiger partial charge >= 0.3 is 6.09 Å². The van der Waals surface area contributed by atoms with Crippen molar-refractivity contribution >= 4 is 17.6 Å². The van der Waals surface area contributed by atoms with Gasteiger partial charge in [0.1, 0.15) is 0 Å². The number of hydrogen-bond acceptors (Lipinski definition) is 6. The fourth-order valence-electron chi connectivity index (χ4n) is 4.98. The van der Waals surface area contributed by atoms with Crippen LogP contribution in [0.3, 0.4) is 0 Å². The molecule has 2 N–H and O–H groups in total. The van der Waals surface area contributed by atoms with Crippen LogP contribution >= 0.6 is 0 Å². The second-order valence-corrected chi connectivity index (χ2v) is 9.55.